The number of rotatable bonds is 5. The van der Waals surface area contributed by atoms with Gasteiger partial charge in [0.15, 0.2) is 0 Å². The van der Waals surface area contributed by atoms with E-state index in [0.717, 1.165) is 17.7 Å². The predicted molar refractivity (Wildman–Crippen MR) is 82.3 cm³/mol. The molecule has 0 bridgehead atoms. The molecule has 1 aliphatic rings. The fourth-order valence-electron chi connectivity index (χ4n) is 2.72. The van der Waals surface area contributed by atoms with Crippen LogP contribution in [0.4, 0.5) is 0 Å². The quantitative estimate of drug-likeness (QED) is 0.847. The van der Waals surface area contributed by atoms with Crippen molar-refractivity contribution >= 4 is 5.97 Å². The van der Waals surface area contributed by atoms with Crippen molar-refractivity contribution in [2.75, 3.05) is 7.11 Å². The third-order valence-electron chi connectivity index (χ3n) is 3.78. The molecular formula is C17H25NO3. The zero-order valence-electron chi connectivity index (χ0n) is 13.5. The topological polar surface area (TPSA) is 47.6 Å². The smallest absolute Gasteiger partial charge is 0.323 e. The van der Waals surface area contributed by atoms with Gasteiger partial charge in [0.25, 0.3) is 0 Å². The van der Waals surface area contributed by atoms with Gasteiger partial charge in [-0.05, 0) is 37.0 Å². The number of methoxy groups -OCH3 is 1. The minimum Gasteiger partial charge on any atom is -0.487 e. The number of hydrogen-bond acceptors (Lipinski definition) is 4. The second kappa shape index (κ2) is 6.06. The van der Waals surface area contributed by atoms with E-state index >= 15 is 0 Å². The number of nitrogens with one attached hydrogen (secondary N) is 1. The van der Waals surface area contributed by atoms with Gasteiger partial charge in [-0.15, -0.1) is 0 Å². The molecule has 1 atom stereocenters. The van der Waals surface area contributed by atoms with Crippen LogP contribution in [0.1, 0.15) is 38.8 Å². The van der Waals surface area contributed by atoms with Crippen LogP contribution in [0, 0.1) is 5.92 Å². The zero-order valence-corrected chi connectivity index (χ0v) is 13.5. The SMILES string of the molecule is COC(=O)[C@@H](NCc1ccc2c(c1)CC(C)(C)O2)C(C)C. The standard InChI is InChI=1S/C17H25NO3/c1-11(2)15(16(19)20-5)18-10-12-6-7-14-13(8-12)9-17(3,4)21-14/h6-8,11,15,18H,9-10H2,1-5H3/t15-/m0/s1. The summed E-state index contributed by atoms with van der Waals surface area (Å²) in [7, 11) is 1.42. The van der Waals surface area contributed by atoms with Crippen LogP contribution < -0.4 is 10.1 Å². The molecule has 0 unspecified atom stereocenters. The Labute approximate surface area is 126 Å². The third-order valence-corrected chi connectivity index (χ3v) is 3.78. The highest BCUT2D eigenvalue weighted by atomic mass is 16.5. The Hall–Kier alpha value is -1.55. The molecular weight excluding hydrogens is 266 g/mol. The van der Waals surface area contributed by atoms with E-state index in [1.165, 1.54) is 12.7 Å². The maximum absolute atomic E-state index is 11.7. The molecule has 1 aliphatic heterocycles. The first-order valence-corrected chi connectivity index (χ1v) is 7.44. The first-order valence-electron chi connectivity index (χ1n) is 7.44. The summed E-state index contributed by atoms with van der Waals surface area (Å²) in [5, 5.41) is 3.28. The van der Waals surface area contributed by atoms with E-state index in [-0.39, 0.29) is 23.5 Å². The number of carbonyl (C=O) groups is 1. The molecule has 0 aromatic heterocycles. The van der Waals surface area contributed by atoms with Gasteiger partial charge in [-0.25, -0.2) is 0 Å². The molecule has 0 saturated carbocycles. The van der Waals surface area contributed by atoms with Crippen LogP contribution in [0.15, 0.2) is 18.2 Å². The largest absolute Gasteiger partial charge is 0.487 e. The van der Waals surface area contributed by atoms with Crippen LogP contribution in [-0.4, -0.2) is 24.7 Å². The lowest BCUT2D eigenvalue weighted by Crippen LogP contribution is -2.41. The van der Waals surface area contributed by atoms with Crippen LogP contribution in [0.2, 0.25) is 0 Å². The van der Waals surface area contributed by atoms with Crippen LogP contribution in [-0.2, 0) is 22.5 Å². The number of benzene rings is 1. The lowest BCUT2D eigenvalue weighted by Gasteiger charge is -2.20. The molecule has 1 aromatic carbocycles. The Kier molecular flexibility index (Phi) is 4.57. The summed E-state index contributed by atoms with van der Waals surface area (Å²) in [6.45, 7) is 8.85. The first-order chi connectivity index (χ1) is 9.82. The molecule has 0 spiro atoms. The van der Waals surface area contributed by atoms with Crippen LogP contribution >= 0.6 is 0 Å². The van der Waals surface area contributed by atoms with E-state index in [1.807, 2.05) is 26.0 Å². The predicted octanol–water partition coefficient (Wildman–Crippen LogP) is 2.69. The molecule has 1 N–H and O–H groups in total. The second-order valence-corrected chi connectivity index (χ2v) is 6.61. The molecule has 116 valence electrons. The van der Waals surface area contributed by atoms with E-state index in [2.05, 4.69) is 25.2 Å². The molecule has 4 heteroatoms. The number of fused-ring (bicyclic) bond motifs is 1. The van der Waals surface area contributed by atoms with E-state index in [4.69, 9.17) is 9.47 Å². The highest BCUT2D eigenvalue weighted by molar-refractivity contribution is 5.75. The normalized spacial score (nSPS) is 17.2. The molecule has 0 saturated heterocycles. The number of hydrogen-bond donors (Lipinski definition) is 1. The fraction of sp³-hybridized carbons (Fsp3) is 0.588. The van der Waals surface area contributed by atoms with Gasteiger partial charge >= 0.3 is 5.97 Å². The summed E-state index contributed by atoms with van der Waals surface area (Å²) in [6, 6.07) is 5.94. The third kappa shape index (κ3) is 3.76. The zero-order chi connectivity index (χ0) is 15.6. The lowest BCUT2D eigenvalue weighted by molar-refractivity contribution is -0.144. The van der Waals surface area contributed by atoms with Crippen molar-refractivity contribution < 1.29 is 14.3 Å². The molecule has 1 aromatic rings. The maximum atomic E-state index is 11.7. The van der Waals surface area contributed by atoms with Gasteiger partial charge in [0.2, 0.25) is 0 Å². The van der Waals surface area contributed by atoms with E-state index in [9.17, 15) is 4.79 Å². The van der Waals surface area contributed by atoms with Crippen molar-refractivity contribution in [3.63, 3.8) is 0 Å². The van der Waals surface area contributed by atoms with Crippen LogP contribution in [0.25, 0.3) is 0 Å². The molecule has 1 heterocycles. The van der Waals surface area contributed by atoms with E-state index in [0.29, 0.717) is 6.54 Å². The average Bonchev–Trinajstić information content (AvgIpc) is 2.71. The summed E-state index contributed by atoms with van der Waals surface area (Å²) in [5.74, 6) is 0.946. The van der Waals surface area contributed by atoms with Crippen LogP contribution in [0.3, 0.4) is 0 Å². The van der Waals surface area contributed by atoms with Gasteiger partial charge < -0.3 is 14.8 Å². The summed E-state index contributed by atoms with van der Waals surface area (Å²) < 4.78 is 10.7. The highest BCUT2D eigenvalue weighted by Crippen LogP contribution is 2.35. The van der Waals surface area contributed by atoms with Gasteiger partial charge in [0, 0.05) is 13.0 Å². The number of ether oxygens (including phenoxy) is 2. The monoisotopic (exact) mass is 291 g/mol. The minimum absolute atomic E-state index is 0.124. The second-order valence-electron chi connectivity index (χ2n) is 6.61. The molecule has 0 radical (unpaired) electrons. The average molecular weight is 291 g/mol. The summed E-state index contributed by atoms with van der Waals surface area (Å²) >= 11 is 0. The maximum Gasteiger partial charge on any atom is 0.323 e. The van der Waals surface area contributed by atoms with E-state index < -0.39 is 0 Å². The van der Waals surface area contributed by atoms with Gasteiger partial charge in [-0.2, -0.15) is 0 Å². The highest BCUT2D eigenvalue weighted by Gasteiger charge is 2.30. The van der Waals surface area contributed by atoms with Gasteiger partial charge in [-0.3, -0.25) is 4.79 Å². The molecule has 0 aliphatic carbocycles. The Morgan fingerprint density at radius 1 is 1.43 bits per heavy atom. The Morgan fingerprint density at radius 2 is 2.14 bits per heavy atom. The molecule has 4 nitrogen and oxygen atoms in total. The fourth-order valence-corrected chi connectivity index (χ4v) is 2.72. The van der Waals surface area contributed by atoms with Crippen molar-refractivity contribution in [1.29, 1.82) is 0 Å². The van der Waals surface area contributed by atoms with Gasteiger partial charge in [0.1, 0.15) is 17.4 Å². The van der Waals surface area contributed by atoms with Crippen LogP contribution in [0.5, 0.6) is 5.75 Å². The van der Waals surface area contributed by atoms with Gasteiger partial charge in [-0.1, -0.05) is 26.0 Å². The molecule has 0 fully saturated rings. The Morgan fingerprint density at radius 3 is 2.76 bits per heavy atom. The lowest BCUT2D eigenvalue weighted by atomic mass is 9.99. The number of carbonyl (C=O) groups excluding carboxylic acids is 1. The number of esters is 1. The van der Waals surface area contributed by atoms with Crippen molar-refractivity contribution in [2.45, 2.75) is 52.3 Å². The molecule has 0 amide bonds. The van der Waals surface area contributed by atoms with Crippen molar-refractivity contribution in [3.8, 4) is 5.75 Å². The Balaban J connectivity index is 2.03. The van der Waals surface area contributed by atoms with E-state index in [1.54, 1.807) is 0 Å². The minimum atomic E-state index is -0.282. The Bertz CT molecular complexity index is 523. The van der Waals surface area contributed by atoms with Gasteiger partial charge in [0.05, 0.1) is 7.11 Å². The summed E-state index contributed by atoms with van der Waals surface area (Å²) in [6.07, 6.45) is 0.917. The summed E-state index contributed by atoms with van der Waals surface area (Å²) in [4.78, 5) is 11.7. The molecule has 2 rings (SSSR count). The van der Waals surface area contributed by atoms with Crippen molar-refractivity contribution in [1.82, 2.24) is 5.32 Å². The van der Waals surface area contributed by atoms with Crippen molar-refractivity contribution in [3.05, 3.63) is 29.3 Å². The molecule has 21 heavy (non-hydrogen) atoms. The summed E-state index contributed by atoms with van der Waals surface area (Å²) in [5.41, 5.74) is 2.27. The first kappa shape index (κ1) is 15.8. The van der Waals surface area contributed by atoms with Crippen molar-refractivity contribution in [2.24, 2.45) is 5.92 Å².